The smallest absolute Gasteiger partial charge is 0.407 e. The second kappa shape index (κ2) is 13.2. The number of hydrogen-bond acceptors (Lipinski definition) is 4. The van der Waals surface area contributed by atoms with Crippen molar-refractivity contribution in [1.82, 2.24) is 5.32 Å². The molecule has 5 nitrogen and oxygen atoms in total. The third-order valence-corrected chi connectivity index (χ3v) is 2.53. The number of alkyl carbamates (subject to hydrolysis) is 1. The summed E-state index contributed by atoms with van der Waals surface area (Å²) in [6, 6.07) is 0. The van der Waals surface area contributed by atoms with E-state index in [9.17, 15) is 9.59 Å². The van der Waals surface area contributed by atoms with Gasteiger partial charge in [-0.25, -0.2) is 4.79 Å². The molecule has 0 fully saturated rings. The first-order chi connectivity index (χ1) is 9.20. The number of nitrogens with one attached hydrogen (secondary N) is 1. The van der Waals surface area contributed by atoms with Crippen LogP contribution in [0.1, 0.15) is 58.8 Å². The Hall–Kier alpha value is -1.26. The van der Waals surface area contributed by atoms with Gasteiger partial charge in [0.2, 0.25) is 0 Å². The average molecular weight is 273 g/mol. The molecule has 0 bridgehead atoms. The molecule has 0 radical (unpaired) electrons. The minimum Gasteiger partial charge on any atom is -0.466 e. The van der Waals surface area contributed by atoms with Crippen molar-refractivity contribution in [2.45, 2.75) is 58.8 Å². The topological polar surface area (TPSA) is 64.6 Å². The molecule has 0 unspecified atom stereocenters. The molecule has 0 aliphatic carbocycles. The van der Waals surface area contributed by atoms with Gasteiger partial charge in [-0.15, -0.1) is 0 Å². The molecule has 0 rings (SSSR count). The molecule has 0 aromatic rings. The Morgan fingerprint density at radius 1 is 0.895 bits per heavy atom. The maximum Gasteiger partial charge on any atom is 0.407 e. The molecule has 0 aromatic carbocycles. The highest BCUT2D eigenvalue weighted by Crippen LogP contribution is 2.01. The van der Waals surface area contributed by atoms with Gasteiger partial charge in [0.25, 0.3) is 0 Å². The van der Waals surface area contributed by atoms with Crippen molar-refractivity contribution in [2.75, 3.05) is 19.8 Å². The molecule has 0 spiro atoms. The number of esters is 1. The Morgan fingerprint density at radius 2 is 1.68 bits per heavy atom. The van der Waals surface area contributed by atoms with E-state index in [1.165, 1.54) is 0 Å². The molecule has 0 saturated heterocycles. The number of carbonyl (C=O) groups excluding carboxylic acids is 2. The van der Waals surface area contributed by atoms with Crippen molar-refractivity contribution in [1.29, 1.82) is 0 Å². The zero-order chi connectivity index (χ0) is 14.3. The van der Waals surface area contributed by atoms with Crippen LogP contribution < -0.4 is 5.32 Å². The molecule has 1 N–H and O–H groups in total. The van der Waals surface area contributed by atoms with Crippen LogP contribution in [0.15, 0.2) is 0 Å². The van der Waals surface area contributed by atoms with E-state index in [1.54, 1.807) is 0 Å². The summed E-state index contributed by atoms with van der Waals surface area (Å²) < 4.78 is 9.91. The van der Waals surface area contributed by atoms with Gasteiger partial charge >= 0.3 is 12.1 Å². The van der Waals surface area contributed by atoms with E-state index in [4.69, 9.17) is 9.47 Å². The molecule has 0 saturated carbocycles. The van der Waals surface area contributed by atoms with E-state index in [0.29, 0.717) is 26.2 Å². The van der Waals surface area contributed by atoms with Gasteiger partial charge in [-0.05, 0) is 25.7 Å². The highest BCUT2D eigenvalue weighted by Gasteiger charge is 2.02. The van der Waals surface area contributed by atoms with Gasteiger partial charge in [0.05, 0.1) is 13.2 Å². The van der Waals surface area contributed by atoms with Gasteiger partial charge in [0, 0.05) is 13.0 Å². The largest absolute Gasteiger partial charge is 0.466 e. The number of ether oxygens (including phenoxy) is 2. The monoisotopic (exact) mass is 273 g/mol. The Morgan fingerprint density at radius 3 is 2.37 bits per heavy atom. The zero-order valence-corrected chi connectivity index (χ0v) is 12.2. The van der Waals surface area contributed by atoms with Crippen molar-refractivity contribution in [3.63, 3.8) is 0 Å². The molecular weight excluding hydrogens is 246 g/mol. The van der Waals surface area contributed by atoms with Gasteiger partial charge in [-0.1, -0.05) is 26.7 Å². The van der Waals surface area contributed by atoms with Gasteiger partial charge in [0.1, 0.15) is 0 Å². The second-order valence-corrected chi connectivity index (χ2v) is 4.45. The van der Waals surface area contributed by atoms with E-state index < -0.39 is 0 Å². The van der Waals surface area contributed by atoms with E-state index in [2.05, 4.69) is 5.32 Å². The number of rotatable bonds is 11. The standard InChI is InChI=1S/C14H27NO4/c1-3-5-12-19-14(17)15-10-8-6-7-9-13(16)18-11-4-2/h3-12H2,1-2H3,(H,15,17). The number of hydrogen-bond donors (Lipinski definition) is 1. The SMILES string of the molecule is CCCCOC(=O)NCCCCCC(=O)OCCC. The van der Waals surface area contributed by atoms with E-state index in [0.717, 1.165) is 38.5 Å². The van der Waals surface area contributed by atoms with Crippen LogP contribution in [0.4, 0.5) is 4.79 Å². The fourth-order valence-corrected chi connectivity index (χ4v) is 1.41. The predicted octanol–water partition coefficient (Wildman–Crippen LogP) is 3.03. The highest BCUT2D eigenvalue weighted by atomic mass is 16.5. The van der Waals surface area contributed by atoms with Gasteiger partial charge in [-0.3, -0.25) is 4.79 Å². The lowest BCUT2D eigenvalue weighted by Crippen LogP contribution is -2.25. The van der Waals surface area contributed by atoms with E-state index >= 15 is 0 Å². The van der Waals surface area contributed by atoms with Crippen molar-refractivity contribution < 1.29 is 19.1 Å². The number of carbonyl (C=O) groups is 2. The van der Waals surface area contributed by atoms with E-state index in [-0.39, 0.29) is 12.1 Å². The first kappa shape index (κ1) is 17.7. The van der Waals surface area contributed by atoms with E-state index in [1.807, 2.05) is 13.8 Å². The third kappa shape index (κ3) is 13.0. The van der Waals surface area contributed by atoms with Crippen LogP contribution >= 0.6 is 0 Å². The Kier molecular flexibility index (Phi) is 12.3. The summed E-state index contributed by atoms with van der Waals surface area (Å²) in [7, 11) is 0. The van der Waals surface area contributed by atoms with Crippen LogP contribution in [0.2, 0.25) is 0 Å². The van der Waals surface area contributed by atoms with Crippen LogP contribution in [0.5, 0.6) is 0 Å². The number of amides is 1. The molecular formula is C14H27NO4. The lowest BCUT2D eigenvalue weighted by Gasteiger charge is -2.06. The normalized spacial score (nSPS) is 10.0. The van der Waals surface area contributed by atoms with Crippen LogP contribution in [-0.4, -0.2) is 31.8 Å². The van der Waals surface area contributed by atoms with Gasteiger partial charge in [-0.2, -0.15) is 0 Å². The number of unbranched alkanes of at least 4 members (excludes halogenated alkanes) is 3. The van der Waals surface area contributed by atoms with Crippen molar-refractivity contribution in [3.05, 3.63) is 0 Å². The summed E-state index contributed by atoms with van der Waals surface area (Å²) in [5, 5.41) is 2.69. The summed E-state index contributed by atoms with van der Waals surface area (Å²) >= 11 is 0. The fourth-order valence-electron chi connectivity index (χ4n) is 1.41. The maximum atomic E-state index is 11.2. The maximum absolute atomic E-state index is 11.2. The highest BCUT2D eigenvalue weighted by molar-refractivity contribution is 5.69. The molecule has 0 heterocycles. The van der Waals surface area contributed by atoms with Crippen molar-refractivity contribution in [2.24, 2.45) is 0 Å². The zero-order valence-electron chi connectivity index (χ0n) is 12.2. The first-order valence-corrected chi connectivity index (χ1v) is 7.27. The van der Waals surface area contributed by atoms with Crippen molar-refractivity contribution in [3.8, 4) is 0 Å². The van der Waals surface area contributed by atoms with Crippen LogP contribution in [0.25, 0.3) is 0 Å². The van der Waals surface area contributed by atoms with Crippen LogP contribution in [0.3, 0.4) is 0 Å². The molecule has 0 atom stereocenters. The Labute approximate surface area is 116 Å². The fraction of sp³-hybridized carbons (Fsp3) is 0.857. The minimum absolute atomic E-state index is 0.131. The third-order valence-electron chi connectivity index (χ3n) is 2.53. The van der Waals surface area contributed by atoms with Crippen LogP contribution in [-0.2, 0) is 14.3 Å². The molecule has 1 amide bonds. The molecule has 5 heteroatoms. The minimum atomic E-state index is -0.351. The Balaban J connectivity index is 3.26. The molecule has 0 aromatic heterocycles. The molecule has 112 valence electrons. The average Bonchev–Trinajstić information content (AvgIpc) is 2.40. The summed E-state index contributed by atoms with van der Waals surface area (Å²) in [5.41, 5.74) is 0. The Bertz CT molecular complexity index is 244. The predicted molar refractivity (Wildman–Crippen MR) is 74.0 cm³/mol. The summed E-state index contributed by atoms with van der Waals surface area (Å²) in [6.07, 6.45) is 5.43. The summed E-state index contributed by atoms with van der Waals surface area (Å²) in [6.45, 7) is 5.59. The van der Waals surface area contributed by atoms with Crippen LogP contribution in [0, 0.1) is 0 Å². The molecule has 0 aliphatic rings. The van der Waals surface area contributed by atoms with Gasteiger partial charge < -0.3 is 14.8 Å². The first-order valence-electron chi connectivity index (χ1n) is 7.27. The quantitative estimate of drug-likeness (QED) is 0.464. The summed E-state index contributed by atoms with van der Waals surface area (Å²) in [4.78, 5) is 22.3. The molecule has 19 heavy (non-hydrogen) atoms. The molecule has 0 aliphatic heterocycles. The lowest BCUT2D eigenvalue weighted by atomic mass is 10.2. The summed E-state index contributed by atoms with van der Waals surface area (Å²) in [5.74, 6) is -0.131. The second-order valence-electron chi connectivity index (χ2n) is 4.45. The van der Waals surface area contributed by atoms with Crippen molar-refractivity contribution >= 4 is 12.1 Å². The van der Waals surface area contributed by atoms with Gasteiger partial charge in [0.15, 0.2) is 0 Å². The lowest BCUT2D eigenvalue weighted by molar-refractivity contribution is -0.143.